The van der Waals surface area contributed by atoms with Gasteiger partial charge in [0.2, 0.25) is 5.95 Å². The van der Waals surface area contributed by atoms with E-state index in [1.807, 2.05) is 0 Å². The summed E-state index contributed by atoms with van der Waals surface area (Å²) in [6.07, 6.45) is 2.28. The van der Waals surface area contributed by atoms with Gasteiger partial charge in [-0.05, 0) is 30.2 Å². The number of carbonyl (C=O) groups is 1. The highest BCUT2D eigenvalue weighted by molar-refractivity contribution is 5.92. The number of hydrogen-bond donors (Lipinski definition) is 1. The molecule has 1 aliphatic heterocycles. The van der Waals surface area contributed by atoms with Crippen molar-refractivity contribution in [3.8, 4) is 0 Å². The third kappa shape index (κ3) is 4.26. The van der Waals surface area contributed by atoms with Crippen LogP contribution in [0.5, 0.6) is 0 Å². The molecule has 1 saturated heterocycles. The van der Waals surface area contributed by atoms with Crippen LogP contribution in [0.3, 0.4) is 0 Å². The quantitative estimate of drug-likeness (QED) is 0.904. The molecule has 3 rings (SSSR count). The first kappa shape index (κ1) is 16.3. The Labute approximate surface area is 139 Å². The van der Waals surface area contributed by atoms with Crippen molar-refractivity contribution < 1.29 is 13.9 Å². The van der Waals surface area contributed by atoms with Crippen molar-refractivity contribution in [2.75, 3.05) is 38.2 Å². The smallest absolute Gasteiger partial charge is 0.272 e. The Kier molecular flexibility index (Phi) is 5.32. The lowest BCUT2D eigenvalue weighted by molar-refractivity contribution is 0.0299. The Hall–Kier alpha value is -2.54. The van der Waals surface area contributed by atoms with Crippen molar-refractivity contribution in [1.82, 2.24) is 14.9 Å². The van der Waals surface area contributed by atoms with Gasteiger partial charge in [0.05, 0.1) is 13.2 Å². The summed E-state index contributed by atoms with van der Waals surface area (Å²) in [6.45, 7) is 2.87. The van der Waals surface area contributed by atoms with Crippen LogP contribution in [-0.4, -0.2) is 53.6 Å². The number of nitrogens with one attached hydrogen (secondary N) is 1. The van der Waals surface area contributed by atoms with Gasteiger partial charge < -0.3 is 15.0 Å². The van der Waals surface area contributed by atoms with E-state index in [0.29, 0.717) is 50.9 Å². The standard InChI is InChI=1S/C17H19FN4O2/c18-14-3-1-13(2-4-14)5-7-19-17-20-8-6-15(21-17)16(23)22-9-11-24-12-10-22/h1-4,6,8H,5,7,9-12H2,(H,19,20,21). The molecule has 1 fully saturated rings. The first-order chi connectivity index (χ1) is 11.7. The molecule has 0 unspecified atom stereocenters. The predicted molar refractivity (Wildman–Crippen MR) is 87.3 cm³/mol. The van der Waals surface area contributed by atoms with Crippen molar-refractivity contribution in [2.24, 2.45) is 0 Å². The van der Waals surface area contributed by atoms with Crippen LogP contribution in [0, 0.1) is 5.82 Å². The topological polar surface area (TPSA) is 67.4 Å². The highest BCUT2D eigenvalue weighted by Crippen LogP contribution is 2.08. The molecule has 126 valence electrons. The number of amides is 1. The van der Waals surface area contributed by atoms with Crippen molar-refractivity contribution in [3.05, 3.63) is 53.6 Å². The Morgan fingerprint density at radius 2 is 1.96 bits per heavy atom. The maximum Gasteiger partial charge on any atom is 0.272 e. The summed E-state index contributed by atoms with van der Waals surface area (Å²) < 4.78 is 18.1. The number of benzene rings is 1. The number of ether oxygens (including phenoxy) is 1. The van der Waals surface area contributed by atoms with Crippen LogP contribution in [0.15, 0.2) is 36.5 Å². The lowest BCUT2D eigenvalue weighted by Gasteiger charge is -2.26. The molecule has 1 aromatic heterocycles. The first-order valence-corrected chi connectivity index (χ1v) is 7.91. The van der Waals surface area contributed by atoms with Gasteiger partial charge in [0.25, 0.3) is 5.91 Å². The van der Waals surface area contributed by atoms with E-state index in [4.69, 9.17) is 4.74 Å². The molecule has 0 atom stereocenters. The van der Waals surface area contributed by atoms with Crippen molar-refractivity contribution in [3.63, 3.8) is 0 Å². The lowest BCUT2D eigenvalue weighted by atomic mass is 10.1. The summed E-state index contributed by atoms with van der Waals surface area (Å²) in [7, 11) is 0. The lowest BCUT2D eigenvalue weighted by Crippen LogP contribution is -2.41. The van der Waals surface area contributed by atoms with Crippen LogP contribution < -0.4 is 5.32 Å². The van der Waals surface area contributed by atoms with Crippen LogP contribution in [0.1, 0.15) is 16.1 Å². The summed E-state index contributed by atoms with van der Waals surface area (Å²) >= 11 is 0. The molecule has 1 amide bonds. The zero-order valence-electron chi connectivity index (χ0n) is 13.2. The van der Waals surface area contributed by atoms with E-state index in [-0.39, 0.29) is 11.7 Å². The van der Waals surface area contributed by atoms with E-state index in [9.17, 15) is 9.18 Å². The van der Waals surface area contributed by atoms with Gasteiger partial charge in [-0.3, -0.25) is 4.79 Å². The van der Waals surface area contributed by atoms with Gasteiger partial charge in [0, 0.05) is 25.8 Å². The normalized spacial score (nSPS) is 14.5. The molecular formula is C17H19FN4O2. The van der Waals surface area contributed by atoms with Gasteiger partial charge in [-0.25, -0.2) is 14.4 Å². The average Bonchev–Trinajstić information content (AvgIpc) is 2.64. The number of rotatable bonds is 5. The SMILES string of the molecule is O=C(c1ccnc(NCCc2ccc(F)cc2)n1)N1CCOCC1. The van der Waals surface area contributed by atoms with Crippen molar-refractivity contribution >= 4 is 11.9 Å². The Balaban J connectivity index is 1.56. The van der Waals surface area contributed by atoms with Crippen LogP contribution >= 0.6 is 0 Å². The summed E-state index contributed by atoms with van der Waals surface area (Å²) in [6, 6.07) is 7.98. The van der Waals surface area contributed by atoms with Gasteiger partial charge in [-0.1, -0.05) is 12.1 Å². The maximum atomic E-state index is 12.9. The molecule has 0 bridgehead atoms. The number of aromatic nitrogens is 2. The molecule has 1 N–H and O–H groups in total. The Morgan fingerprint density at radius 1 is 1.21 bits per heavy atom. The molecule has 0 spiro atoms. The van der Waals surface area contributed by atoms with E-state index in [0.717, 1.165) is 5.56 Å². The number of halogens is 1. The van der Waals surface area contributed by atoms with Gasteiger partial charge in [0.1, 0.15) is 11.5 Å². The predicted octanol–water partition coefficient (Wildman–Crippen LogP) is 1.74. The molecule has 0 aliphatic carbocycles. The fourth-order valence-corrected chi connectivity index (χ4v) is 2.46. The molecule has 2 heterocycles. The fraction of sp³-hybridized carbons (Fsp3) is 0.353. The second kappa shape index (κ2) is 7.83. The molecule has 7 heteroatoms. The summed E-state index contributed by atoms with van der Waals surface area (Å²) in [5.74, 6) is 0.0582. The van der Waals surface area contributed by atoms with Gasteiger partial charge in [-0.15, -0.1) is 0 Å². The van der Waals surface area contributed by atoms with Crippen molar-refractivity contribution in [1.29, 1.82) is 0 Å². The van der Waals surface area contributed by atoms with Gasteiger partial charge in [-0.2, -0.15) is 0 Å². The van der Waals surface area contributed by atoms with Crippen LogP contribution in [0.25, 0.3) is 0 Å². The minimum absolute atomic E-state index is 0.109. The zero-order valence-corrected chi connectivity index (χ0v) is 13.2. The monoisotopic (exact) mass is 330 g/mol. The molecule has 2 aromatic rings. The average molecular weight is 330 g/mol. The summed E-state index contributed by atoms with van der Waals surface area (Å²) in [5.41, 5.74) is 1.39. The molecule has 24 heavy (non-hydrogen) atoms. The highest BCUT2D eigenvalue weighted by atomic mass is 19.1. The second-order valence-corrected chi connectivity index (χ2v) is 5.47. The van der Waals surface area contributed by atoms with Crippen molar-refractivity contribution in [2.45, 2.75) is 6.42 Å². The molecule has 0 saturated carbocycles. The minimum Gasteiger partial charge on any atom is -0.378 e. The largest absolute Gasteiger partial charge is 0.378 e. The number of nitrogens with zero attached hydrogens (tertiary/aromatic N) is 3. The number of carbonyl (C=O) groups excluding carboxylic acids is 1. The maximum absolute atomic E-state index is 12.9. The van der Waals surface area contributed by atoms with E-state index >= 15 is 0 Å². The number of anilines is 1. The van der Waals surface area contributed by atoms with Gasteiger partial charge >= 0.3 is 0 Å². The van der Waals surface area contributed by atoms with E-state index in [2.05, 4.69) is 15.3 Å². The molecule has 0 radical (unpaired) electrons. The second-order valence-electron chi connectivity index (χ2n) is 5.47. The van der Waals surface area contributed by atoms with E-state index in [1.165, 1.54) is 12.1 Å². The number of hydrogen-bond acceptors (Lipinski definition) is 5. The van der Waals surface area contributed by atoms with Crippen LogP contribution in [-0.2, 0) is 11.2 Å². The molecular weight excluding hydrogens is 311 g/mol. The first-order valence-electron chi connectivity index (χ1n) is 7.91. The minimum atomic E-state index is -0.246. The molecule has 1 aromatic carbocycles. The number of morpholine rings is 1. The van der Waals surface area contributed by atoms with Gasteiger partial charge in [0.15, 0.2) is 0 Å². The zero-order chi connectivity index (χ0) is 16.8. The Bertz CT molecular complexity index is 687. The third-order valence-corrected chi connectivity index (χ3v) is 3.78. The molecule has 1 aliphatic rings. The highest BCUT2D eigenvalue weighted by Gasteiger charge is 2.19. The third-order valence-electron chi connectivity index (χ3n) is 3.78. The van der Waals surface area contributed by atoms with Crippen LogP contribution in [0.2, 0.25) is 0 Å². The summed E-state index contributed by atoms with van der Waals surface area (Å²) in [5, 5.41) is 3.09. The van der Waals surface area contributed by atoms with E-state index < -0.39 is 0 Å². The Morgan fingerprint density at radius 3 is 2.71 bits per heavy atom. The fourth-order valence-electron chi connectivity index (χ4n) is 2.46. The molecule has 6 nitrogen and oxygen atoms in total. The summed E-state index contributed by atoms with van der Waals surface area (Å²) in [4.78, 5) is 22.5. The van der Waals surface area contributed by atoms with E-state index in [1.54, 1.807) is 29.3 Å². The van der Waals surface area contributed by atoms with Crippen LogP contribution in [0.4, 0.5) is 10.3 Å².